The highest BCUT2D eigenvalue weighted by Crippen LogP contribution is 2.44. The standard InChI is InChI=1S/C20H24N2O2/c1-14-13-20(2,3)22(18-11-10-16(24-4)12-17(14)18)19(23)21-15-8-6-5-7-9-15/h5-12,14H,13H2,1-4H3,(H,21,23). The zero-order valence-electron chi connectivity index (χ0n) is 14.7. The number of hydrogen-bond acceptors (Lipinski definition) is 2. The number of carbonyl (C=O) groups excluding carboxylic acids is 1. The molecule has 1 aliphatic heterocycles. The van der Waals surface area contributed by atoms with Gasteiger partial charge in [-0.3, -0.25) is 4.90 Å². The Balaban J connectivity index is 1.99. The van der Waals surface area contributed by atoms with Crippen molar-refractivity contribution in [2.45, 2.75) is 38.6 Å². The first-order chi connectivity index (χ1) is 11.4. The molecule has 0 radical (unpaired) electrons. The molecule has 0 fully saturated rings. The lowest BCUT2D eigenvalue weighted by Gasteiger charge is -2.45. The molecule has 0 saturated heterocycles. The number of benzene rings is 2. The minimum Gasteiger partial charge on any atom is -0.497 e. The quantitative estimate of drug-likeness (QED) is 0.842. The number of urea groups is 1. The van der Waals surface area contributed by atoms with E-state index < -0.39 is 0 Å². The van der Waals surface area contributed by atoms with Gasteiger partial charge in [0.15, 0.2) is 0 Å². The summed E-state index contributed by atoms with van der Waals surface area (Å²) < 4.78 is 5.35. The third-order valence-corrected chi connectivity index (χ3v) is 4.65. The van der Waals surface area contributed by atoms with Crippen LogP contribution in [0.1, 0.15) is 38.7 Å². The fraction of sp³-hybridized carbons (Fsp3) is 0.350. The predicted molar refractivity (Wildman–Crippen MR) is 98.0 cm³/mol. The summed E-state index contributed by atoms with van der Waals surface area (Å²) in [5, 5.41) is 3.01. The average molecular weight is 324 g/mol. The normalized spacial score (nSPS) is 18.7. The smallest absolute Gasteiger partial charge is 0.326 e. The summed E-state index contributed by atoms with van der Waals surface area (Å²) in [4.78, 5) is 14.9. The molecule has 1 aliphatic rings. The molecule has 3 rings (SSSR count). The first kappa shape index (κ1) is 16.4. The van der Waals surface area contributed by atoms with Gasteiger partial charge in [-0.25, -0.2) is 4.79 Å². The van der Waals surface area contributed by atoms with E-state index in [1.807, 2.05) is 53.4 Å². The molecule has 0 spiro atoms. The van der Waals surface area contributed by atoms with E-state index in [1.165, 1.54) is 0 Å². The summed E-state index contributed by atoms with van der Waals surface area (Å²) in [6, 6.07) is 15.4. The van der Waals surface area contributed by atoms with Crippen molar-refractivity contribution in [1.29, 1.82) is 0 Å². The van der Waals surface area contributed by atoms with E-state index >= 15 is 0 Å². The molecule has 4 heteroatoms. The van der Waals surface area contributed by atoms with Gasteiger partial charge in [0.05, 0.1) is 7.11 Å². The number of nitrogens with zero attached hydrogens (tertiary/aromatic N) is 1. The maximum Gasteiger partial charge on any atom is 0.326 e. The van der Waals surface area contributed by atoms with Crippen molar-refractivity contribution in [3.8, 4) is 5.75 Å². The fourth-order valence-corrected chi connectivity index (χ4v) is 3.62. The molecular weight excluding hydrogens is 300 g/mol. The molecule has 0 saturated carbocycles. The summed E-state index contributed by atoms with van der Waals surface area (Å²) in [6.45, 7) is 6.43. The number of hydrogen-bond donors (Lipinski definition) is 1. The number of para-hydroxylation sites is 1. The molecule has 1 heterocycles. The molecule has 1 N–H and O–H groups in total. The Hall–Kier alpha value is -2.49. The molecule has 2 amide bonds. The number of methoxy groups -OCH3 is 1. The van der Waals surface area contributed by atoms with Crippen molar-refractivity contribution in [1.82, 2.24) is 0 Å². The van der Waals surface area contributed by atoms with Gasteiger partial charge in [-0.05, 0) is 62.1 Å². The molecule has 0 aliphatic carbocycles. The van der Waals surface area contributed by atoms with Crippen LogP contribution < -0.4 is 15.0 Å². The van der Waals surface area contributed by atoms with Gasteiger partial charge in [-0.15, -0.1) is 0 Å². The van der Waals surface area contributed by atoms with E-state index in [9.17, 15) is 4.79 Å². The molecule has 4 nitrogen and oxygen atoms in total. The van der Waals surface area contributed by atoms with Gasteiger partial charge < -0.3 is 10.1 Å². The van der Waals surface area contributed by atoms with E-state index in [2.05, 4.69) is 26.1 Å². The van der Waals surface area contributed by atoms with E-state index in [0.717, 1.165) is 29.1 Å². The van der Waals surface area contributed by atoms with Crippen molar-refractivity contribution in [3.05, 3.63) is 54.1 Å². The second-order valence-electron chi connectivity index (χ2n) is 6.97. The zero-order valence-corrected chi connectivity index (χ0v) is 14.7. The Kier molecular flexibility index (Phi) is 4.22. The van der Waals surface area contributed by atoms with Gasteiger partial charge in [0.2, 0.25) is 0 Å². The van der Waals surface area contributed by atoms with Crippen LogP contribution in [0.4, 0.5) is 16.2 Å². The Morgan fingerprint density at radius 1 is 1.21 bits per heavy atom. The van der Waals surface area contributed by atoms with Gasteiger partial charge in [0, 0.05) is 16.9 Å². The zero-order chi connectivity index (χ0) is 17.3. The van der Waals surface area contributed by atoms with Crippen molar-refractivity contribution in [3.63, 3.8) is 0 Å². The second kappa shape index (κ2) is 6.19. The molecule has 2 aromatic carbocycles. The number of carbonyl (C=O) groups is 1. The van der Waals surface area contributed by atoms with Gasteiger partial charge in [-0.2, -0.15) is 0 Å². The number of anilines is 2. The molecule has 1 unspecified atom stereocenters. The van der Waals surface area contributed by atoms with Crippen LogP contribution in [0.25, 0.3) is 0 Å². The Labute approximate surface area is 143 Å². The van der Waals surface area contributed by atoms with E-state index in [0.29, 0.717) is 5.92 Å². The first-order valence-electron chi connectivity index (χ1n) is 8.26. The lowest BCUT2D eigenvalue weighted by molar-refractivity contribution is 0.247. The highest BCUT2D eigenvalue weighted by molar-refractivity contribution is 6.03. The Bertz CT molecular complexity index is 741. The van der Waals surface area contributed by atoms with Crippen LogP contribution in [0.5, 0.6) is 5.75 Å². The molecule has 2 aromatic rings. The molecule has 0 bridgehead atoms. The summed E-state index contributed by atoms with van der Waals surface area (Å²) in [6.07, 6.45) is 0.898. The first-order valence-corrected chi connectivity index (χ1v) is 8.26. The largest absolute Gasteiger partial charge is 0.497 e. The number of rotatable bonds is 2. The highest BCUT2D eigenvalue weighted by Gasteiger charge is 2.40. The maximum absolute atomic E-state index is 13.0. The Morgan fingerprint density at radius 3 is 2.58 bits per heavy atom. The topological polar surface area (TPSA) is 41.6 Å². The molecule has 1 atom stereocenters. The highest BCUT2D eigenvalue weighted by atomic mass is 16.5. The van der Waals surface area contributed by atoms with Gasteiger partial charge in [0.25, 0.3) is 0 Å². The third kappa shape index (κ3) is 2.96. The van der Waals surface area contributed by atoms with Crippen molar-refractivity contribution in [2.75, 3.05) is 17.3 Å². The van der Waals surface area contributed by atoms with Crippen molar-refractivity contribution < 1.29 is 9.53 Å². The number of ether oxygens (including phenoxy) is 1. The minimum absolute atomic E-state index is 0.107. The van der Waals surface area contributed by atoms with Crippen LogP contribution in [0.15, 0.2) is 48.5 Å². The lowest BCUT2D eigenvalue weighted by Crippen LogP contribution is -2.53. The Morgan fingerprint density at radius 2 is 1.92 bits per heavy atom. The summed E-state index contributed by atoms with van der Waals surface area (Å²) in [5.41, 5.74) is 2.64. The molecular formula is C20H24N2O2. The van der Waals surface area contributed by atoms with E-state index in [1.54, 1.807) is 7.11 Å². The van der Waals surface area contributed by atoms with E-state index in [4.69, 9.17) is 4.74 Å². The fourth-order valence-electron chi connectivity index (χ4n) is 3.62. The van der Waals surface area contributed by atoms with Crippen molar-refractivity contribution in [2.24, 2.45) is 0 Å². The number of nitrogens with one attached hydrogen (secondary N) is 1. The SMILES string of the molecule is COc1ccc2c(c1)C(C)CC(C)(C)N2C(=O)Nc1ccccc1. The van der Waals surface area contributed by atoms with Crippen LogP contribution in [0.3, 0.4) is 0 Å². The van der Waals surface area contributed by atoms with Crippen LogP contribution >= 0.6 is 0 Å². The summed E-state index contributed by atoms with van der Waals surface area (Å²) in [7, 11) is 1.67. The molecule has 126 valence electrons. The molecule has 24 heavy (non-hydrogen) atoms. The predicted octanol–water partition coefficient (Wildman–Crippen LogP) is 5.02. The average Bonchev–Trinajstić information content (AvgIpc) is 2.54. The van der Waals surface area contributed by atoms with Crippen molar-refractivity contribution >= 4 is 17.4 Å². The van der Waals surface area contributed by atoms with Crippen LogP contribution in [-0.4, -0.2) is 18.7 Å². The lowest BCUT2D eigenvalue weighted by atomic mass is 9.80. The maximum atomic E-state index is 13.0. The van der Waals surface area contributed by atoms with Crippen LogP contribution in [0, 0.1) is 0 Å². The van der Waals surface area contributed by atoms with Gasteiger partial charge >= 0.3 is 6.03 Å². The second-order valence-corrected chi connectivity index (χ2v) is 6.97. The number of amides is 2. The number of fused-ring (bicyclic) bond motifs is 1. The summed E-state index contributed by atoms with van der Waals surface area (Å²) >= 11 is 0. The van der Waals surface area contributed by atoms with Crippen LogP contribution in [0.2, 0.25) is 0 Å². The monoisotopic (exact) mass is 324 g/mol. The van der Waals surface area contributed by atoms with Crippen LogP contribution in [-0.2, 0) is 0 Å². The van der Waals surface area contributed by atoms with Gasteiger partial charge in [-0.1, -0.05) is 25.1 Å². The van der Waals surface area contributed by atoms with E-state index in [-0.39, 0.29) is 11.6 Å². The molecule has 0 aromatic heterocycles. The van der Waals surface area contributed by atoms with Gasteiger partial charge in [0.1, 0.15) is 5.75 Å². The summed E-state index contributed by atoms with van der Waals surface area (Å²) in [5.74, 6) is 1.19. The minimum atomic E-state index is -0.264. The third-order valence-electron chi connectivity index (χ3n) is 4.65.